The summed E-state index contributed by atoms with van der Waals surface area (Å²) in [5, 5.41) is 8.03. The SMILES string of the molecule is CCc1noc(C(C)N2CCN(c3cnn(C)c3)C(=O)C2)n1. The van der Waals surface area contributed by atoms with Gasteiger partial charge in [0, 0.05) is 32.8 Å². The number of nitrogens with zero attached hydrogens (tertiary/aromatic N) is 6. The van der Waals surface area contributed by atoms with Crippen molar-refractivity contribution in [2.45, 2.75) is 26.3 Å². The minimum absolute atomic E-state index is 0.0568. The lowest BCUT2D eigenvalue weighted by Gasteiger charge is -2.35. The van der Waals surface area contributed by atoms with E-state index in [1.807, 2.05) is 27.1 Å². The van der Waals surface area contributed by atoms with E-state index in [2.05, 4.69) is 20.1 Å². The van der Waals surface area contributed by atoms with Gasteiger partial charge in [-0.2, -0.15) is 10.1 Å². The Balaban J connectivity index is 1.68. The van der Waals surface area contributed by atoms with Gasteiger partial charge in [0.2, 0.25) is 11.8 Å². The van der Waals surface area contributed by atoms with Crippen molar-refractivity contribution in [3.63, 3.8) is 0 Å². The molecule has 8 heteroatoms. The first-order valence-corrected chi connectivity index (χ1v) is 7.44. The number of aryl methyl sites for hydroxylation is 2. The van der Waals surface area contributed by atoms with E-state index >= 15 is 0 Å². The van der Waals surface area contributed by atoms with Crippen molar-refractivity contribution in [1.29, 1.82) is 0 Å². The maximum absolute atomic E-state index is 12.4. The number of carbonyl (C=O) groups is 1. The minimum Gasteiger partial charge on any atom is -0.338 e. The molecule has 2 aromatic rings. The Kier molecular flexibility index (Phi) is 3.93. The zero-order chi connectivity index (χ0) is 15.7. The fourth-order valence-electron chi connectivity index (χ4n) is 2.58. The highest BCUT2D eigenvalue weighted by atomic mass is 16.5. The molecular formula is C14H20N6O2. The standard InChI is InChI=1S/C14H20N6O2/c1-4-12-16-14(22-17-12)10(2)19-5-6-20(13(21)9-19)11-7-15-18(3)8-11/h7-8,10H,4-6,9H2,1-3H3. The number of anilines is 1. The molecule has 1 fully saturated rings. The molecule has 8 nitrogen and oxygen atoms in total. The smallest absolute Gasteiger partial charge is 0.243 e. The van der Waals surface area contributed by atoms with Crippen LogP contribution in [0.25, 0.3) is 0 Å². The molecule has 1 atom stereocenters. The fraction of sp³-hybridized carbons (Fsp3) is 0.571. The van der Waals surface area contributed by atoms with E-state index in [-0.39, 0.29) is 11.9 Å². The Morgan fingerprint density at radius 1 is 1.41 bits per heavy atom. The van der Waals surface area contributed by atoms with E-state index in [9.17, 15) is 4.79 Å². The second-order valence-corrected chi connectivity index (χ2v) is 5.47. The fourth-order valence-corrected chi connectivity index (χ4v) is 2.58. The number of hydrogen-bond donors (Lipinski definition) is 0. The highest BCUT2D eigenvalue weighted by Gasteiger charge is 2.31. The number of aromatic nitrogens is 4. The van der Waals surface area contributed by atoms with Gasteiger partial charge in [-0.3, -0.25) is 14.4 Å². The molecule has 3 rings (SSSR count). The van der Waals surface area contributed by atoms with Gasteiger partial charge in [-0.05, 0) is 6.92 Å². The highest BCUT2D eigenvalue weighted by molar-refractivity contribution is 5.95. The van der Waals surface area contributed by atoms with Gasteiger partial charge in [0.25, 0.3) is 0 Å². The molecule has 1 saturated heterocycles. The summed E-state index contributed by atoms with van der Waals surface area (Å²) in [6.07, 6.45) is 4.30. The number of carbonyl (C=O) groups excluding carboxylic acids is 1. The zero-order valence-corrected chi connectivity index (χ0v) is 13.1. The third-order valence-corrected chi connectivity index (χ3v) is 3.96. The van der Waals surface area contributed by atoms with Crippen LogP contribution in [0.2, 0.25) is 0 Å². The van der Waals surface area contributed by atoms with Crippen molar-refractivity contribution in [1.82, 2.24) is 24.8 Å². The first-order valence-electron chi connectivity index (χ1n) is 7.44. The molecule has 1 aliphatic rings. The molecule has 0 aliphatic carbocycles. The quantitative estimate of drug-likeness (QED) is 0.830. The first-order chi connectivity index (χ1) is 10.6. The van der Waals surface area contributed by atoms with Gasteiger partial charge in [0.1, 0.15) is 0 Å². The van der Waals surface area contributed by atoms with Crippen molar-refractivity contribution in [3.8, 4) is 0 Å². The number of amides is 1. The van der Waals surface area contributed by atoms with Crippen LogP contribution in [-0.2, 0) is 18.3 Å². The second-order valence-electron chi connectivity index (χ2n) is 5.47. The highest BCUT2D eigenvalue weighted by Crippen LogP contribution is 2.23. The average molecular weight is 304 g/mol. The van der Waals surface area contributed by atoms with Gasteiger partial charge in [0.15, 0.2) is 5.82 Å². The van der Waals surface area contributed by atoms with Crippen LogP contribution < -0.4 is 4.90 Å². The van der Waals surface area contributed by atoms with Crippen LogP contribution in [0.3, 0.4) is 0 Å². The Morgan fingerprint density at radius 3 is 2.82 bits per heavy atom. The van der Waals surface area contributed by atoms with Crippen molar-refractivity contribution < 1.29 is 9.32 Å². The van der Waals surface area contributed by atoms with Crippen LogP contribution in [-0.4, -0.2) is 50.4 Å². The summed E-state index contributed by atoms with van der Waals surface area (Å²) in [6.45, 7) is 5.69. The van der Waals surface area contributed by atoms with Gasteiger partial charge in [0.05, 0.1) is 24.5 Å². The van der Waals surface area contributed by atoms with Crippen LogP contribution in [0.15, 0.2) is 16.9 Å². The van der Waals surface area contributed by atoms with Gasteiger partial charge < -0.3 is 9.42 Å². The summed E-state index contributed by atoms with van der Waals surface area (Å²) in [6, 6.07) is -0.0622. The zero-order valence-electron chi connectivity index (χ0n) is 13.1. The lowest BCUT2D eigenvalue weighted by Crippen LogP contribution is -2.51. The van der Waals surface area contributed by atoms with Crippen molar-refractivity contribution in [3.05, 3.63) is 24.1 Å². The van der Waals surface area contributed by atoms with E-state index in [1.165, 1.54) is 0 Å². The van der Waals surface area contributed by atoms with Gasteiger partial charge in [-0.25, -0.2) is 0 Å². The van der Waals surface area contributed by atoms with E-state index < -0.39 is 0 Å². The summed E-state index contributed by atoms with van der Waals surface area (Å²) in [5.74, 6) is 1.32. The number of piperazine rings is 1. The molecule has 0 saturated carbocycles. The third-order valence-electron chi connectivity index (χ3n) is 3.96. The molecule has 1 amide bonds. The van der Waals surface area contributed by atoms with E-state index in [1.54, 1.807) is 15.8 Å². The average Bonchev–Trinajstić information content (AvgIpc) is 3.15. The topological polar surface area (TPSA) is 80.3 Å². The molecule has 0 N–H and O–H groups in total. The molecule has 3 heterocycles. The summed E-state index contributed by atoms with van der Waals surface area (Å²) in [4.78, 5) is 20.6. The Bertz CT molecular complexity index is 664. The van der Waals surface area contributed by atoms with Crippen molar-refractivity contribution >= 4 is 11.6 Å². The Morgan fingerprint density at radius 2 is 2.23 bits per heavy atom. The Labute approximate surface area is 128 Å². The molecule has 1 aliphatic heterocycles. The summed E-state index contributed by atoms with van der Waals surface area (Å²) >= 11 is 0. The van der Waals surface area contributed by atoms with Gasteiger partial charge in [-0.15, -0.1) is 0 Å². The van der Waals surface area contributed by atoms with Crippen LogP contribution >= 0.6 is 0 Å². The lowest BCUT2D eigenvalue weighted by molar-refractivity contribution is -0.122. The molecular weight excluding hydrogens is 284 g/mol. The van der Waals surface area contributed by atoms with Crippen LogP contribution in [0.5, 0.6) is 0 Å². The van der Waals surface area contributed by atoms with E-state index in [4.69, 9.17) is 4.52 Å². The third kappa shape index (κ3) is 2.74. The van der Waals surface area contributed by atoms with Crippen LogP contribution in [0.1, 0.15) is 31.6 Å². The molecule has 0 radical (unpaired) electrons. The minimum atomic E-state index is -0.0622. The van der Waals surface area contributed by atoms with Crippen LogP contribution in [0, 0.1) is 0 Å². The monoisotopic (exact) mass is 304 g/mol. The summed E-state index contributed by atoms with van der Waals surface area (Å²) < 4.78 is 6.98. The number of rotatable bonds is 4. The van der Waals surface area contributed by atoms with Gasteiger partial charge in [-0.1, -0.05) is 12.1 Å². The molecule has 0 spiro atoms. The molecule has 0 aromatic carbocycles. The van der Waals surface area contributed by atoms with E-state index in [0.29, 0.717) is 24.8 Å². The molecule has 118 valence electrons. The van der Waals surface area contributed by atoms with Crippen LogP contribution in [0.4, 0.5) is 5.69 Å². The summed E-state index contributed by atoms with van der Waals surface area (Å²) in [7, 11) is 1.84. The Hall–Kier alpha value is -2.22. The lowest BCUT2D eigenvalue weighted by atomic mass is 10.2. The predicted octanol–water partition coefficient (Wildman–Crippen LogP) is 0.775. The second kappa shape index (κ2) is 5.88. The first kappa shape index (κ1) is 14.7. The van der Waals surface area contributed by atoms with Crippen molar-refractivity contribution in [2.75, 3.05) is 24.5 Å². The number of hydrogen-bond acceptors (Lipinski definition) is 6. The predicted molar refractivity (Wildman–Crippen MR) is 79.2 cm³/mol. The largest absolute Gasteiger partial charge is 0.338 e. The molecule has 1 unspecified atom stereocenters. The van der Waals surface area contributed by atoms with Gasteiger partial charge >= 0.3 is 0 Å². The molecule has 22 heavy (non-hydrogen) atoms. The van der Waals surface area contributed by atoms with E-state index in [0.717, 1.165) is 18.7 Å². The maximum atomic E-state index is 12.4. The van der Waals surface area contributed by atoms with Crippen molar-refractivity contribution in [2.24, 2.45) is 7.05 Å². The summed E-state index contributed by atoms with van der Waals surface area (Å²) in [5.41, 5.74) is 0.839. The maximum Gasteiger partial charge on any atom is 0.243 e. The molecule has 0 bridgehead atoms. The molecule has 2 aromatic heterocycles. The normalized spacial score (nSPS) is 18.0.